The molecule has 0 amide bonds. The lowest BCUT2D eigenvalue weighted by molar-refractivity contribution is 0.303. The average molecular weight is 235 g/mol. The summed E-state index contributed by atoms with van der Waals surface area (Å²) in [5, 5.41) is 0. The minimum absolute atomic E-state index is 0.0458. The SMILES string of the molecule is C=C/C=C\C(=C)CC(C)(C)CCCC(C)(C)N. The molecule has 0 saturated heterocycles. The molecule has 1 nitrogen and oxygen atoms in total. The molecule has 17 heavy (non-hydrogen) atoms. The minimum Gasteiger partial charge on any atom is -0.326 e. The zero-order valence-electron chi connectivity index (χ0n) is 12.1. The highest BCUT2D eigenvalue weighted by molar-refractivity contribution is 5.19. The minimum atomic E-state index is -0.0458. The highest BCUT2D eigenvalue weighted by atomic mass is 14.7. The molecule has 0 atom stereocenters. The first kappa shape index (κ1) is 16.2. The Labute approximate surface area is 107 Å². The molecule has 2 N–H and O–H groups in total. The molecular formula is C16H29N. The highest BCUT2D eigenvalue weighted by Crippen LogP contribution is 2.31. The summed E-state index contributed by atoms with van der Waals surface area (Å²) in [5.41, 5.74) is 7.41. The Hall–Kier alpha value is -0.820. The van der Waals surface area contributed by atoms with E-state index in [1.165, 1.54) is 18.4 Å². The van der Waals surface area contributed by atoms with Crippen molar-refractivity contribution in [2.75, 3.05) is 0 Å². The van der Waals surface area contributed by atoms with Gasteiger partial charge < -0.3 is 5.73 Å². The third-order valence-corrected chi connectivity index (χ3v) is 2.85. The lowest BCUT2D eigenvalue weighted by Gasteiger charge is -2.27. The van der Waals surface area contributed by atoms with E-state index in [-0.39, 0.29) is 5.54 Å². The summed E-state index contributed by atoms with van der Waals surface area (Å²) in [4.78, 5) is 0. The van der Waals surface area contributed by atoms with Crippen molar-refractivity contribution >= 4 is 0 Å². The third-order valence-electron chi connectivity index (χ3n) is 2.85. The Balaban J connectivity index is 4.07. The van der Waals surface area contributed by atoms with E-state index in [2.05, 4.69) is 40.9 Å². The van der Waals surface area contributed by atoms with Crippen LogP contribution >= 0.6 is 0 Å². The second kappa shape index (κ2) is 6.80. The first-order valence-corrected chi connectivity index (χ1v) is 6.42. The molecule has 0 saturated carbocycles. The number of rotatable bonds is 8. The maximum absolute atomic E-state index is 5.99. The van der Waals surface area contributed by atoms with Gasteiger partial charge in [0.15, 0.2) is 0 Å². The fourth-order valence-electron chi connectivity index (χ4n) is 1.99. The molecule has 0 aliphatic heterocycles. The van der Waals surface area contributed by atoms with Gasteiger partial charge in [-0.1, -0.05) is 57.2 Å². The third kappa shape index (κ3) is 10.1. The van der Waals surface area contributed by atoms with Crippen LogP contribution < -0.4 is 5.73 Å². The smallest absolute Gasteiger partial charge is 0.00970 e. The van der Waals surface area contributed by atoms with E-state index in [1.54, 1.807) is 6.08 Å². The van der Waals surface area contributed by atoms with Crippen LogP contribution in [0.4, 0.5) is 0 Å². The number of allylic oxidation sites excluding steroid dienone is 4. The molecule has 0 aromatic rings. The van der Waals surface area contributed by atoms with Crippen LogP contribution in [0.1, 0.15) is 53.4 Å². The molecule has 0 spiro atoms. The van der Waals surface area contributed by atoms with Gasteiger partial charge in [-0.3, -0.25) is 0 Å². The zero-order chi connectivity index (χ0) is 13.5. The van der Waals surface area contributed by atoms with Crippen LogP contribution in [0.3, 0.4) is 0 Å². The second-order valence-corrected chi connectivity index (χ2v) is 6.44. The maximum Gasteiger partial charge on any atom is 0.00970 e. The first-order valence-electron chi connectivity index (χ1n) is 6.42. The standard InChI is InChI=1S/C16H29N/c1-7-8-10-14(2)13-15(3,4)11-9-12-16(5,6)17/h7-8,10H,1-2,9,11-13,17H2,3-6H3/b10-8-. The van der Waals surface area contributed by atoms with Gasteiger partial charge in [0.2, 0.25) is 0 Å². The molecule has 0 aliphatic rings. The fraction of sp³-hybridized carbons (Fsp3) is 0.625. The zero-order valence-corrected chi connectivity index (χ0v) is 12.1. The van der Waals surface area contributed by atoms with E-state index in [1.807, 2.05) is 12.2 Å². The van der Waals surface area contributed by atoms with Gasteiger partial charge in [0.25, 0.3) is 0 Å². The van der Waals surface area contributed by atoms with Gasteiger partial charge in [-0.2, -0.15) is 0 Å². The van der Waals surface area contributed by atoms with Crippen LogP contribution in [-0.4, -0.2) is 5.54 Å². The van der Waals surface area contributed by atoms with Crippen LogP contribution in [0.25, 0.3) is 0 Å². The summed E-state index contributed by atoms with van der Waals surface area (Å²) in [6.07, 6.45) is 10.2. The molecule has 1 heteroatoms. The Morgan fingerprint density at radius 1 is 1.18 bits per heavy atom. The predicted octanol–water partition coefficient (Wildman–Crippen LogP) is 4.61. The molecule has 0 aromatic carbocycles. The number of nitrogens with two attached hydrogens (primary N) is 1. The van der Waals surface area contributed by atoms with Crippen molar-refractivity contribution in [3.05, 3.63) is 37.0 Å². The Bertz CT molecular complexity index is 276. The van der Waals surface area contributed by atoms with E-state index in [9.17, 15) is 0 Å². The Morgan fingerprint density at radius 3 is 2.24 bits per heavy atom. The molecule has 0 aliphatic carbocycles. The summed E-state index contributed by atoms with van der Waals surface area (Å²) >= 11 is 0. The average Bonchev–Trinajstić information content (AvgIpc) is 2.11. The maximum atomic E-state index is 5.99. The molecule has 0 heterocycles. The molecule has 0 radical (unpaired) electrons. The van der Waals surface area contributed by atoms with Gasteiger partial charge in [-0.05, 0) is 38.5 Å². The monoisotopic (exact) mass is 235 g/mol. The number of hydrogen-bond donors (Lipinski definition) is 1. The van der Waals surface area contributed by atoms with Crippen molar-refractivity contribution in [3.8, 4) is 0 Å². The van der Waals surface area contributed by atoms with Gasteiger partial charge in [0.1, 0.15) is 0 Å². The normalized spacial score (nSPS) is 13.0. The summed E-state index contributed by atoms with van der Waals surface area (Å²) in [6, 6.07) is 0. The van der Waals surface area contributed by atoms with Gasteiger partial charge in [-0.15, -0.1) is 0 Å². The van der Waals surface area contributed by atoms with E-state index < -0.39 is 0 Å². The second-order valence-electron chi connectivity index (χ2n) is 6.44. The molecule has 0 fully saturated rings. The quantitative estimate of drug-likeness (QED) is 0.611. The Morgan fingerprint density at radius 2 is 1.76 bits per heavy atom. The Kier molecular flexibility index (Phi) is 6.48. The lowest BCUT2D eigenvalue weighted by Crippen LogP contribution is -2.31. The number of hydrogen-bond acceptors (Lipinski definition) is 1. The van der Waals surface area contributed by atoms with E-state index in [4.69, 9.17) is 5.73 Å². The lowest BCUT2D eigenvalue weighted by atomic mass is 9.80. The van der Waals surface area contributed by atoms with Crippen LogP contribution in [0.2, 0.25) is 0 Å². The van der Waals surface area contributed by atoms with Gasteiger partial charge in [-0.25, -0.2) is 0 Å². The molecule has 98 valence electrons. The topological polar surface area (TPSA) is 26.0 Å². The van der Waals surface area contributed by atoms with Crippen molar-refractivity contribution < 1.29 is 0 Å². The van der Waals surface area contributed by atoms with Gasteiger partial charge >= 0.3 is 0 Å². The summed E-state index contributed by atoms with van der Waals surface area (Å²) in [7, 11) is 0. The molecular weight excluding hydrogens is 206 g/mol. The van der Waals surface area contributed by atoms with Crippen molar-refractivity contribution in [3.63, 3.8) is 0 Å². The summed E-state index contributed by atoms with van der Waals surface area (Å²) in [6.45, 7) is 16.5. The molecule has 0 rings (SSSR count). The van der Waals surface area contributed by atoms with Crippen LogP contribution in [0.15, 0.2) is 37.0 Å². The van der Waals surface area contributed by atoms with E-state index >= 15 is 0 Å². The molecule has 0 bridgehead atoms. The van der Waals surface area contributed by atoms with Crippen molar-refractivity contribution in [1.82, 2.24) is 0 Å². The van der Waals surface area contributed by atoms with E-state index in [0.29, 0.717) is 5.41 Å². The fourth-order valence-corrected chi connectivity index (χ4v) is 1.99. The van der Waals surface area contributed by atoms with Gasteiger partial charge in [0, 0.05) is 5.54 Å². The first-order chi connectivity index (χ1) is 7.66. The molecule has 0 unspecified atom stereocenters. The summed E-state index contributed by atoms with van der Waals surface area (Å²) in [5.74, 6) is 0. The molecule has 0 aromatic heterocycles. The largest absolute Gasteiger partial charge is 0.326 e. The predicted molar refractivity (Wildman–Crippen MR) is 79.0 cm³/mol. The van der Waals surface area contributed by atoms with E-state index in [0.717, 1.165) is 12.8 Å². The van der Waals surface area contributed by atoms with Crippen LogP contribution in [-0.2, 0) is 0 Å². The van der Waals surface area contributed by atoms with Crippen LogP contribution in [0, 0.1) is 5.41 Å². The summed E-state index contributed by atoms with van der Waals surface area (Å²) < 4.78 is 0. The van der Waals surface area contributed by atoms with Crippen LogP contribution in [0.5, 0.6) is 0 Å². The van der Waals surface area contributed by atoms with Crippen molar-refractivity contribution in [2.24, 2.45) is 11.1 Å². The van der Waals surface area contributed by atoms with Crippen molar-refractivity contribution in [1.29, 1.82) is 0 Å². The van der Waals surface area contributed by atoms with Gasteiger partial charge in [0.05, 0.1) is 0 Å². The highest BCUT2D eigenvalue weighted by Gasteiger charge is 2.19. The van der Waals surface area contributed by atoms with Crippen molar-refractivity contribution in [2.45, 2.75) is 58.9 Å².